The topological polar surface area (TPSA) is 38.3 Å². The number of carbonyl (C=O) groups is 1. The van der Waals surface area contributed by atoms with Gasteiger partial charge in [0.05, 0.1) is 5.92 Å². The van der Waals surface area contributed by atoms with Crippen molar-refractivity contribution in [1.82, 2.24) is 5.32 Å². The zero-order valence-corrected chi connectivity index (χ0v) is 12.3. The molecule has 1 saturated carbocycles. The van der Waals surface area contributed by atoms with Crippen LogP contribution >= 0.6 is 0 Å². The summed E-state index contributed by atoms with van der Waals surface area (Å²) in [5.74, 6) is 0.900. The van der Waals surface area contributed by atoms with E-state index in [4.69, 9.17) is 4.74 Å². The molecule has 1 fully saturated rings. The van der Waals surface area contributed by atoms with Gasteiger partial charge in [-0.25, -0.2) is 0 Å². The summed E-state index contributed by atoms with van der Waals surface area (Å²) in [6, 6.07) is 9.98. The monoisotopic (exact) mass is 275 g/mol. The van der Waals surface area contributed by atoms with E-state index < -0.39 is 0 Å². The van der Waals surface area contributed by atoms with Gasteiger partial charge in [0.15, 0.2) is 0 Å². The van der Waals surface area contributed by atoms with Crippen molar-refractivity contribution in [3.05, 3.63) is 35.9 Å². The Bertz CT molecular complexity index is 401. The molecule has 3 nitrogen and oxygen atoms in total. The minimum absolute atomic E-state index is 0.0383. The van der Waals surface area contributed by atoms with Gasteiger partial charge in [-0.2, -0.15) is 0 Å². The number of ether oxygens (including phenoxy) is 1. The molecule has 0 bridgehead atoms. The molecule has 1 aliphatic rings. The fourth-order valence-electron chi connectivity index (χ4n) is 2.30. The van der Waals surface area contributed by atoms with Gasteiger partial charge < -0.3 is 10.1 Å². The summed E-state index contributed by atoms with van der Waals surface area (Å²) in [5, 5.41) is 3.02. The SMILES string of the molecule is CCC(C(=O)NCCCOCC1CC1)c1ccccc1. The maximum absolute atomic E-state index is 12.2. The predicted octanol–water partition coefficient (Wildman–Crippen LogP) is 3.11. The summed E-state index contributed by atoms with van der Waals surface area (Å²) in [4.78, 5) is 12.2. The van der Waals surface area contributed by atoms with Crippen molar-refractivity contribution in [2.24, 2.45) is 5.92 Å². The fourth-order valence-corrected chi connectivity index (χ4v) is 2.30. The van der Waals surface area contributed by atoms with Gasteiger partial charge in [0.2, 0.25) is 5.91 Å². The van der Waals surface area contributed by atoms with Gasteiger partial charge in [0.25, 0.3) is 0 Å². The molecule has 1 aromatic carbocycles. The zero-order chi connectivity index (χ0) is 14.2. The van der Waals surface area contributed by atoms with E-state index in [1.807, 2.05) is 30.3 Å². The molecule has 0 spiro atoms. The van der Waals surface area contributed by atoms with Gasteiger partial charge in [0.1, 0.15) is 0 Å². The van der Waals surface area contributed by atoms with Crippen LogP contribution in [0.25, 0.3) is 0 Å². The summed E-state index contributed by atoms with van der Waals surface area (Å²) in [6.45, 7) is 4.40. The van der Waals surface area contributed by atoms with E-state index in [2.05, 4.69) is 12.2 Å². The maximum atomic E-state index is 12.2. The first-order valence-electron chi connectivity index (χ1n) is 7.71. The predicted molar refractivity (Wildman–Crippen MR) is 80.6 cm³/mol. The Labute approximate surface area is 121 Å². The van der Waals surface area contributed by atoms with Crippen LogP contribution in [0.1, 0.15) is 44.1 Å². The van der Waals surface area contributed by atoms with E-state index >= 15 is 0 Å². The number of hydrogen-bond donors (Lipinski definition) is 1. The minimum atomic E-state index is -0.0383. The molecule has 0 heterocycles. The second-order valence-electron chi connectivity index (χ2n) is 5.53. The third-order valence-corrected chi connectivity index (χ3v) is 3.74. The molecule has 0 aliphatic heterocycles. The number of rotatable bonds is 9. The molecule has 2 rings (SSSR count). The Balaban J connectivity index is 1.64. The number of benzene rings is 1. The molecule has 20 heavy (non-hydrogen) atoms. The number of carbonyl (C=O) groups excluding carboxylic acids is 1. The van der Waals surface area contributed by atoms with Crippen molar-refractivity contribution in [1.29, 1.82) is 0 Å². The lowest BCUT2D eigenvalue weighted by atomic mass is 9.96. The van der Waals surface area contributed by atoms with Crippen molar-refractivity contribution in [2.45, 2.75) is 38.5 Å². The fraction of sp³-hybridized carbons (Fsp3) is 0.588. The average molecular weight is 275 g/mol. The first kappa shape index (κ1) is 15.0. The normalized spacial score (nSPS) is 15.8. The quantitative estimate of drug-likeness (QED) is 0.703. The van der Waals surface area contributed by atoms with Crippen LogP contribution in [0.5, 0.6) is 0 Å². The Morgan fingerprint density at radius 3 is 2.75 bits per heavy atom. The highest BCUT2D eigenvalue weighted by molar-refractivity contribution is 5.83. The number of hydrogen-bond acceptors (Lipinski definition) is 2. The van der Waals surface area contributed by atoms with Crippen LogP contribution in [-0.2, 0) is 9.53 Å². The van der Waals surface area contributed by atoms with Crippen LogP contribution in [0, 0.1) is 5.92 Å². The summed E-state index contributed by atoms with van der Waals surface area (Å²) in [7, 11) is 0. The number of amides is 1. The standard InChI is InChI=1S/C17H25NO2/c1-2-16(15-7-4-3-5-8-15)17(19)18-11-6-12-20-13-14-9-10-14/h3-5,7-8,14,16H,2,6,9-13H2,1H3,(H,18,19). The molecule has 0 radical (unpaired) electrons. The van der Waals surface area contributed by atoms with E-state index in [0.29, 0.717) is 6.54 Å². The third kappa shape index (κ3) is 4.97. The first-order valence-corrected chi connectivity index (χ1v) is 7.71. The van der Waals surface area contributed by atoms with Crippen LogP contribution in [0.4, 0.5) is 0 Å². The highest BCUT2D eigenvalue weighted by Crippen LogP contribution is 2.28. The van der Waals surface area contributed by atoms with Crippen molar-refractivity contribution in [2.75, 3.05) is 19.8 Å². The molecular formula is C17H25NO2. The van der Waals surface area contributed by atoms with Crippen molar-refractivity contribution in [3.63, 3.8) is 0 Å². The molecule has 110 valence electrons. The highest BCUT2D eigenvalue weighted by atomic mass is 16.5. The molecule has 1 unspecified atom stereocenters. The van der Waals surface area contributed by atoms with Crippen LogP contribution in [0.15, 0.2) is 30.3 Å². The Kier molecular flexibility index (Phi) is 6.06. The van der Waals surface area contributed by atoms with E-state index in [9.17, 15) is 4.79 Å². The highest BCUT2D eigenvalue weighted by Gasteiger charge is 2.21. The maximum Gasteiger partial charge on any atom is 0.227 e. The van der Waals surface area contributed by atoms with Crippen LogP contribution in [0.2, 0.25) is 0 Å². The minimum Gasteiger partial charge on any atom is -0.381 e. The molecular weight excluding hydrogens is 250 g/mol. The summed E-state index contributed by atoms with van der Waals surface area (Å²) < 4.78 is 5.56. The van der Waals surface area contributed by atoms with Gasteiger partial charge in [-0.05, 0) is 37.2 Å². The van der Waals surface area contributed by atoms with Crippen molar-refractivity contribution < 1.29 is 9.53 Å². The number of nitrogens with one attached hydrogen (secondary N) is 1. The van der Waals surface area contributed by atoms with Gasteiger partial charge in [-0.15, -0.1) is 0 Å². The molecule has 1 atom stereocenters. The molecule has 1 amide bonds. The van der Waals surface area contributed by atoms with Gasteiger partial charge in [-0.1, -0.05) is 37.3 Å². The molecule has 3 heteroatoms. The smallest absolute Gasteiger partial charge is 0.227 e. The van der Waals surface area contributed by atoms with E-state index in [-0.39, 0.29) is 11.8 Å². The average Bonchev–Trinajstić information content (AvgIpc) is 3.29. The van der Waals surface area contributed by atoms with Gasteiger partial charge in [0, 0.05) is 19.8 Å². The molecule has 1 aromatic rings. The van der Waals surface area contributed by atoms with Gasteiger partial charge >= 0.3 is 0 Å². The first-order chi connectivity index (χ1) is 9.81. The lowest BCUT2D eigenvalue weighted by Gasteiger charge is -2.15. The molecule has 0 aromatic heterocycles. The third-order valence-electron chi connectivity index (χ3n) is 3.74. The largest absolute Gasteiger partial charge is 0.381 e. The molecule has 0 saturated heterocycles. The summed E-state index contributed by atoms with van der Waals surface area (Å²) in [6.07, 6.45) is 4.37. The Morgan fingerprint density at radius 1 is 1.35 bits per heavy atom. The lowest BCUT2D eigenvalue weighted by molar-refractivity contribution is -0.122. The van der Waals surface area contributed by atoms with E-state index in [1.165, 1.54) is 12.8 Å². The van der Waals surface area contributed by atoms with Crippen molar-refractivity contribution in [3.8, 4) is 0 Å². The summed E-state index contributed by atoms with van der Waals surface area (Å²) >= 11 is 0. The Hall–Kier alpha value is -1.35. The zero-order valence-electron chi connectivity index (χ0n) is 12.3. The van der Waals surface area contributed by atoms with Gasteiger partial charge in [-0.3, -0.25) is 4.79 Å². The second-order valence-corrected chi connectivity index (χ2v) is 5.53. The van der Waals surface area contributed by atoms with E-state index in [1.54, 1.807) is 0 Å². The summed E-state index contributed by atoms with van der Waals surface area (Å²) in [5.41, 5.74) is 1.09. The van der Waals surface area contributed by atoms with Crippen LogP contribution in [0.3, 0.4) is 0 Å². The lowest BCUT2D eigenvalue weighted by Crippen LogP contribution is -2.30. The van der Waals surface area contributed by atoms with Crippen LogP contribution < -0.4 is 5.32 Å². The molecule has 1 aliphatic carbocycles. The van der Waals surface area contributed by atoms with E-state index in [0.717, 1.165) is 37.5 Å². The van der Waals surface area contributed by atoms with Crippen molar-refractivity contribution >= 4 is 5.91 Å². The Morgan fingerprint density at radius 2 is 2.10 bits per heavy atom. The second kappa shape index (κ2) is 8.05. The van der Waals surface area contributed by atoms with Crippen LogP contribution in [-0.4, -0.2) is 25.7 Å². The molecule has 1 N–H and O–H groups in total.